The SMILES string of the molecule is Cc1ccc(C(=O)NCC(=O)O[C@@H](C)C(=O)NCc2ccco2)cc1C. The number of hydrogen-bond donors (Lipinski definition) is 2. The molecule has 7 nitrogen and oxygen atoms in total. The number of benzene rings is 1. The number of ether oxygens (including phenoxy) is 1. The van der Waals surface area contributed by atoms with Crippen LogP contribution in [-0.4, -0.2) is 30.4 Å². The van der Waals surface area contributed by atoms with Crippen LogP contribution >= 0.6 is 0 Å². The Balaban J connectivity index is 1.75. The highest BCUT2D eigenvalue weighted by Gasteiger charge is 2.18. The van der Waals surface area contributed by atoms with Gasteiger partial charge in [-0.1, -0.05) is 6.07 Å². The molecule has 0 aliphatic heterocycles. The maximum atomic E-state index is 12.1. The van der Waals surface area contributed by atoms with E-state index in [1.807, 2.05) is 19.9 Å². The quantitative estimate of drug-likeness (QED) is 0.737. The molecule has 2 N–H and O–H groups in total. The lowest BCUT2D eigenvalue weighted by Gasteiger charge is -2.13. The Kier molecular flexibility index (Phi) is 6.54. The first kappa shape index (κ1) is 19.2. The highest BCUT2D eigenvalue weighted by Crippen LogP contribution is 2.09. The van der Waals surface area contributed by atoms with Crippen LogP contribution in [0.2, 0.25) is 0 Å². The van der Waals surface area contributed by atoms with Gasteiger partial charge in [-0.2, -0.15) is 0 Å². The van der Waals surface area contributed by atoms with Crippen LogP contribution < -0.4 is 10.6 Å². The molecule has 0 bridgehead atoms. The van der Waals surface area contributed by atoms with Crippen molar-refractivity contribution in [1.29, 1.82) is 0 Å². The summed E-state index contributed by atoms with van der Waals surface area (Å²) in [6.45, 7) is 5.20. The molecule has 1 aromatic carbocycles. The molecule has 26 heavy (non-hydrogen) atoms. The first-order valence-corrected chi connectivity index (χ1v) is 8.22. The molecule has 2 aromatic rings. The maximum Gasteiger partial charge on any atom is 0.326 e. The molecular weight excluding hydrogens is 336 g/mol. The van der Waals surface area contributed by atoms with E-state index in [2.05, 4.69) is 10.6 Å². The van der Waals surface area contributed by atoms with Crippen LogP contribution in [-0.2, 0) is 20.9 Å². The van der Waals surface area contributed by atoms with Crippen molar-refractivity contribution in [3.8, 4) is 0 Å². The van der Waals surface area contributed by atoms with E-state index in [0.717, 1.165) is 11.1 Å². The zero-order chi connectivity index (χ0) is 19.1. The molecular formula is C19H22N2O5. The topological polar surface area (TPSA) is 97.6 Å². The average molecular weight is 358 g/mol. The van der Waals surface area contributed by atoms with E-state index < -0.39 is 18.0 Å². The average Bonchev–Trinajstić information content (AvgIpc) is 3.13. The van der Waals surface area contributed by atoms with Crippen LogP contribution in [0.25, 0.3) is 0 Å². The molecule has 0 aliphatic rings. The van der Waals surface area contributed by atoms with Gasteiger partial charge in [0, 0.05) is 5.56 Å². The number of carbonyl (C=O) groups is 3. The van der Waals surface area contributed by atoms with Crippen molar-refractivity contribution in [2.75, 3.05) is 6.54 Å². The van der Waals surface area contributed by atoms with Gasteiger partial charge in [-0.05, 0) is 56.2 Å². The van der Waals surface area contributed by atoms with Crippen molar-refractivity contribution in [2.45, 2.75) is 33.4 Å². The van der Waals surface area contributed by atoms with Crippen LogP contribution in [0.4, 0.5) is 0 Å². The van der Waals surface area contributed by atoms with Gasteiger partial charge in [0.25, 0.3) is 11.8 Å². The monoisotopic (exact) mass is 358 g/mol. The molecule has 7 heteroatoms. The highest BCUT2D eigenvalue weighted by atomic mass is 16.5. The second kappa shape index (κ2) is 8.84. The normalized spacial score (nSPS) is 11.5. The minimum absolute atomic E-state index is 0.206. The summed E-state index contributed by atoms with van der Waals surface area (Å²) >= 11 is 0. The first-order chi connectivity index (χ1) is 12.4. The summed E-state index contributed by atoms with van der Waals surface area (Å²) in [7, 11) is 0. The number of rotatable bonds is 7. The van der Waals surface area contributed by atoms with E-state index in [0.29, 0.717) is 11.3 Å². The molecule has 0 unspecified atom stereocenters. The smallest absolute Gasteiger partial charge is 0.326 e. The second-order valence-electron chi connectivity index (χ2n) is 5.91. The highest BCUT2D eigenvalue weighted by molar-refractivity contribution is 5.96. The lowest BCUT2D eigenvalue weighted by molar-refractivity contribution is -0.153. The van der Waals surface area contributed by atoms with E-state index in [9.17, 15) is 14.4 Å². The van der Waals surface area contributed by atoms with E-state index in [4.69, 9.17) is 9.15 Å². The second-order valence-corrected chi connectivity index (χ2v) is 5.91. The standard InChI is InChI=1S/C19H22N2O5/c1-12-6-7-15(9-13(12)2)19(24)21-11-17(22)26-14(3)18(23)20-10-16-5-4-8-25-16/h4-9,14H,10-11H2,1-3H3,(H,20,23)(H,21,24)/t14-/m0/s1. The van der Waals surface area contributed by atoms with Gasteiger partial charge in [0.2, 0.25) is 0 Å². The number of amides is 2. The summed E-state index contributed by atoms with van der Waals surface area (Å²) < 4.78 is 10.1. The van der Waals surface area contributed by atoms with Gasteiger partial charge < -0.3 is 19.8 Å². The molecule has 1 heterocycles. The minimum atomic E-state index is -0.976. The Morgan fingerprint density at radius 2 is 1.88 bits per heavy atom. The van der Waals surface area contributed by atoms with Crippen molar-refractivity contribution in [2.24, 2.45) is 0 Å². The van der Waals surface area contributed by atoms with Crippen molar-refractivity contribution in [3.05, 3.63) is 59.0 Å². The van der Waals surface area contributed by atoms with Gasteiger partial charge in [0.1, 0.15) is 12.3 Å². The summed E-state index contributed by atoms with van der Waals surface area (Å²) in [5, 5.41) is 5.08. The van der Waals surface area contributed by atoms with Gasteiger partial charge in [0.15, 0.2) is 6.10 Å². The van der Waals surface area contributed by atoms with E-state index in [1.165, 1.54) is 13.2 Å². The predicted octanol–water partition coefficient (Wildman–Crippen LogP) is 1.87. The molecule has 0 aliphatic carbocycles. The zero-order valence-electron chi connectivity index (χ0n) is 15.0. The van der Waals surface area contributed by atoms with E-state index >= 15 is 0 Å². The van der Waals surface area contributed by atoms with Gasteiger partial charge >= 0.3 is 5.97 Å². The Morgan fingerprint density at radius 1 is 1.12 bits per heavy atom. The first-order valence-electron chi connectivity index (χ1n) is 8.22. The summed E-state index contributed by atoms with van der Waals surface area (Å²) in [5.74, 6) is -0.921. The third-order valence-electron chi connectivity index (χ3n) is 3.86. The Labute approximate surface area is 151 Å². The van der Waals surface area contributed by atoms with Crippen LogP contribution in [0.5, 0.6) is 0 Å². The third-order valence-corrected chi connectivity index (χ3v) is 3.86. The molecule has 0 radical (unpaired) electrons. The van der Waals surface area contributed by atoms with Crippen molar-refractivity contribution < 1.29 is 23.5 Å². The maximum absolute atomic E-state index is 12.1. The lowest BCUT2D eigenvalue weighted by atomic mass is 10.1. The Hall–Kier alpha value is -3.09. The fourth-order valence-electron chi connectivity index (χ4n) is 2.16. The molecule has 2 rings (SSSR count). The van der Waals surface area contributed by atoms with Gasteiger partial charge in [-0.15, -0.1) is 0 Å². The zero-order valence-corrected chi connectivity index (χ0v) is 15.0. The number of carbonyl (C=O) groups excluding carboxylic acids is 3. The number of esters is 1. The summed E-state index contributed by atoms with van der Waals surface area (Å²) in [6.07, 6.45) is 0.527. The fraction of sp³-hybridized carbons (Fsp3) is 0.316. The van der Waals surface area contributed by atoms with Crippen molar-refractivity contribution >= 4 is 17.8 Å². The molecule has 1 atom stereocenters. The van der Waals surface area contributed by atoms with E-state index in [-0.39, 0.29) is 19.0 Å². The summed E-state index contributed by atoms with van der Waals surface area (Å²) in [6, 6.07) is 8.71. The number of furan rings is 1. The van der Waals surface area contributed by atoms with Crippen LogP contribution in [0, 0.1) is 13.8 Å². The fourth-order valence-corrected chi connectivity index (χ4v) is 2.16. The molecule has 2 amide bonds. The molecule has 0 fully saturated rings. The van der Waals surface area contributed by atoms with E-state index in [1.54, 1.807) is 24.3 Å². The predicted molar refractivity (Wildman–Crippen MR) is 94.4 cm³/mol. The number of hydrogen-bond acceptors (Lipinski definition) is 5. The molecule has 1 aromatic heterocycles. The van der Waals surface area contributed by atoms with Gasteiger partial charge in [-0.3, -0.25) is 14.4 Å². The molecule has 0 saturated carbocycles. The van der Waals surface area contributed by atoms with Crippen LogP contribution in [0.15, 0.2) is 41.0 Å². The molecule has 138 valence electrons. The largest absolute Gasteiger partial charge is 0.467 e. The third kappa shape index (κ3) is 5.47. The van der Waals surface area contributed by atoms with Gasteiger partial charge in [-0.25, -0.2) is 0 Å². The summed E-state index contributed by atoms with van der Waals surface area (Å²) in [5.41, 5.74) is 2.53. The summed E-state index contributed by atoms with van der Waals surface area (Å²) in [4.78, 5) is 35.8. The Morgan fingerprint density at radius 3 is 2.54 bits per heavy atom. The van der Waals surface area contributed by atoms with Crippen molar-refractivity contribution in [1.82, 2.24) is 10.6 Å². The molecule has 0 saturated heterocycles. The molecule has 0 spiro atoms. The number of aryl methyl sites for hydroxylation is 2. The van der Waals surface area contributed by atoms with Crippen LogP contribution in [0.1, 0.15) is 34.2 Å². The van der Waals surface area contributed by atoms with Crippen LogP contribution in [0.3, 0.4) is 0 Å². The Bertz CT molecular complexity index is 783. The minimum Gasteiger partial charge on any atom is -0.467 e. The number of nitrogens with one attached hydrogen (secondary N) is 2. The van der Waals surface area contributed by atoms with Crippen molar-refractivity contribution in [3.63, 3.8) is 0 Å². The lowest BCUT2D eigenvalue weighted by Crippen LogP contribution is -2.38. The van der Waals surface area contributed by atoms with Gasteiger partial charge in [0.05, 0.1) is 12.8 Å².